The van der Waals surface area contributed by atoms with Gasteiger partial charge in [-0.3, -0.25) is 4.79 Å². The molecule has 3 aromatic rings. The van der Waals surface area contributed by atoms with Gasteiger partial charge in [0.05, 0.1) is 21.1 Å². The molecule has 5 heteroatoms. The van der Waals surface area contributed by atoms with Crippen LogP contribution in [0.1, 0.15) is 28.0 Å². The van der Waals surface area contributed by atoms with Gasteiger partial charge in [-0.05, 0) is 48.4 Å². The fraction of sp³-hybridized carbons (Fsp3) is 0.250. The number of carbonyl (C=O) groups excluding carboxylic acids is 1. The standard InChI is InChI=1S/C28H32N4O/c1-20-7-5-9-22(15-20)19-31-26-14-12-24(29)16-23(26)17-27(31)28(33)30-18-21-8-6-10-25(13-11-21)32(2,3)4/h5-9,11-17H,10,18-19,29H2,1-4H3/p+1. The third-order valence-corrected chi connectivity index (χ3v) is 6.04. The van der Waals surface area contributed by atoms with Gasteiger partial charge in [0.1, 0.15) is 11.4 Å². The van der Waals surface area contributed by atoms with Crippen molar-refractivity contribution in [2.45, 2.75) is 19.9 Å². The number of nitrogen functional groups attached to an aromatic ring is 1. The average molecular weight is 442 g/mol. The maximum atomic E-state index is 13.3. The lowest BCUT2D eigenvalue weighted by Crippen LogP contribution is -2.32. The smallest absolute Gasteiger partial charge is 0.268 e. The van der Waals surface area contributed by atoms with Crippen LogP contribution in [0.3, 0.4) is 0 Å². The van der Waals surface area contributed by atoms with Crippen LogP contribution in [0.2, 0.25) is 0 Å². The number of quaternary nitrogens is 1. The molecular formula is C28H33N4O+. The zero-order chi connectivity index (χ0) is 23.6. The summed E-state index contributed by atoms with van der Waals surface area (Å²) in [6.45, 7) is 3.18. The second-order valence-corrected chi connectivity index (χ2v) is 9.62. The molecule has 1 amide bonds. The van der Waals surface area contributed by atoms with E-state index in [1.54, 1.807) is 0 Å². The second-order valence-electron chi connectivity index (χ2n) is 9.62. The van der Waals surface area contributed by atoms with Crippen LogP contribution < -0.4 is 11.1 Å². The number of hydrogen-bond donors (Lipinski definition) is 2. The normalized spacial score (nSPS) is 14.1. The maximum Gasteiger partial charge on any atom is 0.268 e. The van der Waals surface area contributed by atoms with E-state index in [4.69, 9.17) is 5.73 Å². The summed E-state index contributed by atoms with van der Waals surface area (Å²) in [5.41, 5.74) is 13.1. The summed E-state index contributed by atoms with van der Waals surface area (Å²) in [4.78, 5) is 13.3. The van der Waals surface area contributed by atoms with Crippen LogP contribution in [0.4, 0.5) is 5.69 Å². The van der Waals surface area contributed by atoms with E-state index in [1.807, 2.05) is 24.3 Å². The summed E-state index contributed by atoms with van der Waals surface area (Å²) >= 11 is 0. The topological polar surface area (TPSA) is 60.0 Å². The van der Waals surface area contributed by atoms with E-state index in [9.17, 15) is 4.79 Å². The van der Waals surface area contributed by atoms with Gasteiger partial charge in [0.25, 0.3) is 5.91 Å². The number of aryl methyl sites for hydroxylation is 1. The Labute approximate surface area is 196 Å². The van der Waals surface area contributed by atoms with Gasteiger partial charge in [0.15, 0.2) is 0 Å². The molecule has 0 spiro atoms. The minimum absolute atomic E-state index is 0.0909. The number of carbonyl (C=O) groups is 1. The zero-order valence-electron chi connectivity index (χ0n) is 19.9. The molecule has 1 aliphatic rings. The lowest BCUT2D eigenvalue weighted by atomic mass is 10.1. The third kappa shape index (κ3) is 5.26. The molecule has 33 heavy (non-hydrogen) atoms. The van der Waals surface area contributed by atoms with Crippen molar-refractivity contribution < 1.29 is 9.28 Å². The van der Waals surface area contributed by atoms with E-state index in [-0.39, 0.29) is 5.91 Å². The summed E-state index contributed by atoms with van der Waals surface area (Å²) in [6.07, 6.45) is 9.44. The third-order valence-electron chi connectivity index (χ3n) is 6.04. The molecule has 0 atom stereocenters. The van der Waals surface area contributed by atoms with Crippen molar-refractivity contribution in [3.63, 3.8) is 0 Å². The van der Waals surface area contributed by atoms with Crippen LogP contribution in [0.25, 0.3) is 10.9 Å². The monoisotopic (exact) mass is 441 g/mol. The Morgan fingerprint density at radius 3 is 2.67 bits per heavy atom. The van der Waals surface area contributed by atoms with Gasteiger partial charge >= 0.3 is 0 Å². The molecule has 0 unspecified atom stereocenters. The van der Waals surface area contributed by atoms with Gasteiger partial charge in [0.2, 0.25) is 0 Å². The van der Waals surface area contributed by atoms with E-state index in [1.165, 1.54) is 11.3 Å². The number of hydrogen-bond acceptors (Lipinski definition) is 2. The molecule has 1 aliphatic carbocycles. The van der Waals surface area contributed by atoms with Crippen LogP contribution in [-0.4, -0.2) is 42.6 Å². The van der Waals surface area contributed by atoms with Gasteiger partial charge in [-0.1, -0.05) is 48.1 Å². The Kier molecular flexibility index (Phi) is 6.25. The lowest BCUT2D eigenvalue weighted by molar-refractivity contribution is -0.832. The second kappa shape index (κ2) is 9.12. The van der Waals surface area contributed by atoms with Crippen LogP contribution in [-0.2, 0) is 6.54 Å². The van der Waals surface area contributed by atoms with Crippen molar-refractivity contribution >= 4 is 22.5 Å². The minimum atomic E-state index is -0.0909. The molecule has 1 aromatic heterocycles. The predicted octanol–water partition coefficient (Wildman–Crippen LogP) is 4.79. The number of benzene rings is 2. The number of rotatable bonds is 6. The first-order valence-corrected chi connectivity index (χ1v) is 11.3. The fourth-order valence-corrected chi connectivity index (χ4v) is 4.19. The first-order valence-electron chi connectivity index (χ1n) is 11.3. The summed E-state index contributed by atoms with van der Waals surface area (Å²) in [6, 6.07) is 16.1. The Hall–Kier alpha value is -3.57. The zero-order valence-corrected chi connectivity index (χ0v) is 19.9. The van der Waals surface area contributed by atoms with Crippen molar-refractivity contribution in [3.8, 4) is 0 Å². The Morgan fingerprint density at radius 2 is 1.91 bits per heavy atom. The SMILES string of the molecule is Cc1cccc(Cn2c(C(=O)NCC3=CC=C([N+](C)(C)C)CC=C3)cc3cc(N)ccc32)c1. The van der Waals surface area contributed by atoms with Crippen molar-refractivity contribution in [1.29, 1.82) is 0 Å². The molecule has 0 radical (unpaired) electrons. The van der Waals surface area contributed by atoms with Crippen molar-refractivity contribution in [1.82, 2.24) is 9.88 Å². The molecule has 0 bridgehead atoms. The molecule has 4 rings (SSSR count). The number of allylic oxidation sites excluding steroid dienone is 3. The molecule has 0 fully saturated rings. The molecular weight excluding hydrogens is 408 g/mol. The van der Waals surface area contributed by atoms with Gasteiger partial charge in [-0.2, -0.15) is 0 Å². The number of anilines is 1. The van der Waals surface area contributed by atoms with E-state index in [0.29, 0.717) is 24.5 Å². The number of fused-ring (bicyclic) bond motifs is 1. The molecule has 5 nitrogen and oxygen atoms in total. The van der Waals surface area contributed by atoms with Crippen LogP contribution in [0.15, 0.2) is 84.1 Å². The molecule has 1 heterocycles. The summed E-state index contributed by atoms with van der Waals surface area (Å²) < 4.78 is 2.87. The first kappa shape index (κ1) is 22.6. The Balaban J connectivity index is 1.60. The lowest BCUT2D eigenvalue weighted by Gasteiger charge is -2.25. The maximum absolute atomic E-state index is 13.3. The highest BCUT2D eigenvalue weighted by atomic mass is 16.1. The molecule has 0 aliphatic heterocycles. The van der Waals surface area contributed by atoms with Crippen molar-refractivity contribution in [2.24, 2.45) is 0 Å². The summed E-state index contributed by atoms with van der Waals surface area (Å²) in [7, 11) is 6.50. The van der Waals surface area contributed by atoms with E-state index >= 15 is 0 Å². The molecule has 0 saturated carbocycles. The first-order chi connectivity index (χ1) is 15.7. The summed E-state index contributed by atoms with van der Waals surface area (Å²) in [5, 5.41) is 4.09. The molecule has 3 N–H and O–H groups in total. The number of aromatic nitrogens is 1. The Morgan fingerprint density at radius 1 is 1.09 bits per heavy atom. The average Bonchev–Trinajstić information content (AvgIpc) is 2.93. The van der Waals surface area contributed by atoms with Crippen LogP contribution >= 0.6 is 0 Å². The van der Waals surface area contributed by atoms with E-state index in [0.717, 1.165) is 32.9 Å². The van der Waals surface area contributed by atoms with Crippen LogP contribution in [0, 0.1) is 6.92 Å². The van der Waals surface area contributed by atoms with Crippen molar-refractivity contribution in [3.05, 3.63) is 101 Å². The Bertz CT molecular complexity index is 1280. The quantitative estimate of drug-likeness (QED) is 0.427. The number of nitrogens with zero attached hydrogens (tertiary/aromatic N) is 2. The highest BCUT2D eigenvalue weighted by Crippen LogP contribution is 2.24. The predicted molar refractivity (Wildman–Crippen MR) is 137 cm³/mol. The van der Waals surface area contributed by atoms with Gasteiger partial charge in [-0.15, -0.1) is 0 Å². The fourth-order valence-electron chi connectivity index (χ4n) is 4.19. The number of amides is 1. The number of nitrogens with one attached hydrogen (secondary N) is 1. The highest BCUT2D eigenvalue weighted by molar-refractivity contribution is 5.99. The van der Waals surface area contributed by atoms with Gasteiger partial charge in [0, 0.05) is 36.1 Å². The van der Waals surface area contributed by atoms with E-state index in [2.05, 4.69) is 86.5 Å². The largest absolute Gasteiger partial charge is 0.399 e. The molecule has 2 aromatic carbocycles. The molecule has 0 saturated heterocycles. The van der Waals surface area contributed by atoms with Gasteiger partial charge < -0.3 is 20.1 Å². The van der Waals surface area contributed by atoms with Crippen molar-refractivity contribution in [2.75, 3.05) is 33.4 Å². The van der Waals surface area contributed by atoms with Crippen LogP contribution in [0.5, 0.6) is 0 Å². The minimum Gasteiger partial charge on any atom is -0.399 e. The highest BCUT2D eigenvalue weighted by Gasteiger charge is 2.18. The molecule has 170 valence electrons. The summed E-state index contributed by atoms with van der Waals surface area (Å²) in [5.74, 6) is -0.0909. The number of nitrogens with two attached hydrogens (primary N) is 1. The van der Waals surface area contributed by atoms with Gasteiger partial charge in [-0.25, -0.2) is 0 Å². The van der Waals surface area contributed by atoms with E-state index < -0.39 is 0 Å².